The second kappa shape index (κ2) is 6.59. The standard InChI is InChI=1S/C17H21N3O/c1-21-17-7-4-6-16(13-17)20-11-9-19(10-12-20)14-15-5-2-3-8-18-15/h2-8,13H,9-12,14H2,1H3. The molecule has 0 unspecified atom stereocenters. The first-order valence-electron chi connectivity index (χ1n) is 7.36. The largest absolute Gasteiger partial charge is 0.497 e. The zero-order valence-corrected chi connectivity index (χ0v) is 12.4. The molecule has 0 N–H and O–H groups in total. The predicted molar refractivity (Wildman–Crippen MR) is 84.7 cm³/mol. The Balaban J connectivity index is 1.57. The van der Waals surface area contributed by atoms with Gasteiger partial charge >= 0.3 is 0 Å². The molecule has 3 rings (SSSR count). The maximum absolute atomic E-state index is 5.30. The van der Waals surface area contributed by atoms with Crippen molar-refractivity contribution >= 4 is 5.69 Å². The average molecular weight is 283 g/mol. The Hall–Kier alpha value is -2.07. The highest BCUT2D eigenvalue weighted by Gasteiger charge is 2.17. The molecule has 0 aliphatic carbocycles. The van der Waals surface area contributed by atoms with Crippen molar-refractivity contribution in [3.63, 3.8) is 0 Å². The van der Waals surface area contributed by atoms with Crippen molar-refractivity contribution in [2.24, 2.45) is 0 Å². The molecule has 2 heterocycles. The number of nitrogens with zero attached hydrogens (tertiary/aromatic N) is 3. The van der Waals surface area contributed by atoms with E-state index in [4.69, 9.17) is 4.74 Å². The van der Waals surface area contributed by atoms with Gasteiger partial charge in [-0.2, -0.15) is 0 Å². The van der Waals surface area contributed by atoms with Gasteiger partial charge in [-0.15, -0.1) is 0 Å². The molecule has 0 amide bonds. The Morgan fingerprint density at radius 3 is 2.62 bits per heavy atom. The van der Waals surface area contributed by atoms with Gasteiger partial charge in [-0.25, -0.2) is 0 Å². The van der Waals surface area contributed by atoms with Gasteiger partial charge in [-0.1, -0.05) is 12.1 Å². The van der Waals surface area contributed by atoms with E-state index in [1.807, 2.05) is 18.3 Å². The third-order valence-electron chi connectivity index (χ3n) is 3.90. The summed E-state index contributed by atoms with van der Waals surface area (Å²) in [7, 11) is 1.71. The van der Waals surface area contributed by atoms with Crippen LogP contribution in [0.5, 0.6) is 5.75 Å². The quantitative estimate of drug-likeness (QED) is 0.861. The summed E-state index contributed by atoms with van der Waals surface area (Å²) in [5.41, 5.74) is 2.39. The van der Waals surface area contributed by atoms with E-state index in [2.05, 4.69) is 45.1 Å². The summed E-state index contributed by atoms with van der Waals surface area (Å²) in [5, 5.41) is 0. The summed E-state index contributed by atoms with van der Waals surface area (Å²) in [6, 6.07) is 14.4. The maximum Gasteiger partial charge on any atom is 0.120 e. The van der Waals surface area contributed by atoms with Crippen LogP contribution in [0.1, 0.15) is 5.69 Å². The van der Waals surface area contributed by atoms with Crippen molar-refractivity contribution < 1.29 is 4.74 Å². The smallest absolute Gasteiger partial charge is 0.120 e. The second-order valence-corrected chi connectivity index (χ2v) is 5.29. The molecule has 1 aromatic heterocycles. The molecule has 0 bridgehead atoms. The van der Waals surface area contributed by atoms with Crippen LogP contribution in [0.2, 0.25) is 0 Å². The van der Waals surface area contributed by atoms with Crippen LogP contribution in [-0.4, -0.2) is 43.2 Å². The zero-order valence-electron chi connectivity index (χ0n) is 12.4. The SMILES string of the molecule is COc1cccc(N2CCN(Cc3ccccn3)CC2)c1. The van der Waals surface area contributed by atoms with Gasteiger partial charge in [0.25, 0.3) is 0 Å². The van der Waals surface area contributed by atoms with Crippen LogP contribution in [-0.2, 0) is 6.54 Å². The fourth-order valence-corrected chi connectivity index (χ4v) is 2.69. The summed E-state index contributed by atoms with van der Waals surface area (Å²) in [4.78, 5) is 9.27. The Morgan fingerprint density at radius 1 is 1.05 bits per heavy atom. The van der Waals surface area contributed by atoms with Crippen LogP contribution >= 0.6 is 0 Å². The fraction of sp³-hybridized carbons (Fsp3) is 0.353. The molecule has 4 heteroatoms. The topological polar surface area (TPSA) is 28.6 Å². The minimum Gasteiger partial charge on any atom is -0.497 e. The van der Waals surface area contributed by atoms with Crippen LogP contribution < -0.4 is 9.64 Å². The van der Waals surface area contributed by atoms with E-state index in [1.165, 1.54) is 5.69 Å². The van der Waals surface area contributed by atoms with Gasteiger partial charge < -0.3 is 9.64 Å². The lowest BCUT2D eigenvalue weighted by atomic mass is 10.2. The normalized spacial score (nSPS) is 16.0. The van der Waals surface area contributed by atoms with Gasteiger partial charge in [-0.05, 0) is 24.3 Å². The van der Waals surface area contributed by atoms with Crippen LogP contribution in [0.25, 0.3) is 0 Å². The third-order valence-corrected chi connectivity index (χ3v) is 3.90. The molecule has 1 aliphatic rings. The average Bonchev–Trinajstić information content (AvgIpc) is 2.56. The van der Waals surface area contributed by atoms with Gasteiger partial charge in [0.2, 0.25) is 0 Å². The lowest BCUT2D eigenvalue weighted by Gasteiger charge is -2.36. The number of piperazine rings is 1. The first-order chi connectivity index (χ1) is 10.3. The monoisotopic (exact) mass is 283 g/mol. The minimum absolute atomic E-state index is 0.920. The van der Waals surface area contributed by atoms with Crippen LogP contribution in [0, 0.1) is 0 Å². The van der Waals surface area contributed by atoms with Gasteiger partial charge in [0.05, 0.1) is 12.8 Å². The van der Waals surface area contributed by atoms with E-state index in [9.17, 15) is 0 Å². The Kier molecular flexibility index (Phi) is 4.36. The lowest BCUT2D eigenvalue weighted by Crippen LogP contribution is -2.46. The Labute approximate surface area is 126 Å². The summed E-state index contributed by atoms with van der Waals surface area (Å²) in [6.07, 6.45) is 1.86. The first kappa shape index (κ1) is 13.9. The molecule has 1 aromatic carbocycles. The number of anilines is 1. The highest BCUT2D eigenvalue weighted by atomic mass is 16.5. The Morgan fingerprint density at radius 2 is 1.90 bits per heavy atom. The second-order valence-electron chi connectivity index (χ2n) is 5.29. The Bertz CT molecular complexity index is 565. The van der Waals surface area contributed by atoms with Crippen LogP contribution in [0.3, 0.4) is 0 Å². The van der Waals surface area contributed by atoms with Crippen LogP contribution in [0.15, 0.2) is 48.7 Å². The molecule has 0 radical (unpaired) electrons. The zero-order chi connectivity index (χ0) is 14.5. The van der Waals surface area contributed by atoms with E-state index in [-0.39, 0.29) is 0 Å². The molecule has 0 spiro atoms. The van der Waals surface area contributed by atoms with E-state index < -0.39 is 0 Å². The molecular weight excluding hydrogens is 262 g/mol. The molecule has 0 saturated carbocycles. The summed E-state index contributed by atoms with van der Waals surface area (Å²) < 4.78 is 5.30. The van der Waals surface area contributed by atoms with Gasteiger partial charge in [0.1, 0.15) is 5.75 Å². The number of aromatic nitrogens is 1. The number of methoxy groups -OCH3 is 1. The van der Waals surface area contributed by atoms with E-state index >= 15 is 0 Å². The molecule has 1 fully saturated rings. The van der Waals surface area contributed by atoms with E-state index in [0.29, 0.717) is 0 Å². The molecule has 2 aromatic rings. The number of benzene rings is 1. The maximum atomic E-state index is 5.30. The van der Waals surface area contributed by atoms with Gasteiger partial charge in [0.15, 0.2) is 0 Å². The highest BCUT2D eigenvalue weighted by molar-refractivity contribution is 5.51. The predicted octanol–water partition coefficient (Wildman–Crippen LogP) is 2.41. The number of ether oxygens (including phenoxy) is 1. The van der Waals surface area contributed by atoms with Crippen LogP contribution in [0.4, 0.5) is 5.69 Å². The number of hydrogen-bond acceptors (Lipinski definition) is 4. The van der Waals surface area contributed by atoms with Crippen molar-refractivity contribution in [1.82, 2.24) is 9.88 Å². The van der Waals surface area contributed by atoms with Crippen molar-refractivity contribution in [3.05, 3.63) is 54.4 Å². The number of rotatable bonds is 4. The molecule has 4 nitrogen and oxygen atoms in total. The first-order valence-corrected chi connectivity index (χ1v) is 7.36. The number of hydrogen-bond donors (Lipinski definition) is 0. The van der Waals surface area contributed by atoms with Crippen molar-refractivity contribution in [1.29, 1.82) is 0 Å². The molecular formula is C17H21N3O. The lowest BCUT2D eigenvalue weighted by molar-refractivity contribution is 0.247. The molecule has 21 heavy (non-hydrogen) atoms. The highest BCUT2D eigenvalue weighted by Crippen LogP contribution is 2.22. The molecule has 1 saturated heterocycles. The van der Waals surface area contributed by atoms with E-state index in [1.54, 1.807) is 7.11 Å². The minimum atomic E-state index is 0.920. The molecule has 0 atom stereocenters. The van der Waals surface area contributed by atoms with Crippen molar-refractivity contribution in [3.8, 4) is 5.75 Å². The van der Waals surface area contributed by atoms with Gasteiger partial charge in [0, 0.05) is 50.7 Å². The number of pyridine rings is 1. The van der Waals surface area contributed by atoms with Crippen molar-refractivity contribution in [2.75, 3.05) is 38.2 Å². The van der Waals surface area contributed by atoms with Gasteiger partial charge in [-0.3, -0.25) is 9.88 Å². The summed E-state index contributed by atoms with van der Waals surface area (Å²) in [6.45, 7) is 5.15. The molecule has 110 valence electrons. The fourth-order valence-electron chi connectivity index (χ4n) is 2.69. The summed E-state index contributed by atoms with van der Waals surface area (Å²) >= 11 is 0. The third kappa shape index (κ3) is 3.52. The van der Waals surface area contributed by atoms with E-state index in [0.717, 1.165) is 44.2 Å². The summed E-state index contributed by atoms with van der Waals surface area (Å²) in [5.74, 6) is 0.920. The van der Waals surface area contributed by atoms with Crippen molar-refractivity contribution in [2.45, 2.75) is 6.54 Å². The molecule has 1 aliphatic heterocycles.